The normalized spacial score (nSPS) is 16.6. The molecule has 202 valence electrons. The zero-order chi connectivity index (χ0) is 27.1. The van der Waals surface area contributed by atoms with Crippen molar-refractivity contribution in [1.82, 2.24) is 24.8 Å². The van der Waals surface area contributed by atoms with Gasteiger partial charge in [-0.05, 0) is 53.6 Å². The Kier molecular flexibility index (Phi) is 6.09. The second-order valence-electron chi connectivity index (χ2n) is 9.83. The number of hydrogen-bond donors (Lipinski definition) is 0. The molecule has 40 heavy (non-hydrogen) atoms. The lowest BCUT2D eigenvalue weighted by Crippen LogP contribution is -2.51. The van der Waals surface area contributed by atoms with Gasteiger partial charge in [-0.2, -0.15) is 9.94 Å². The minimum absolute atomic E-state index is 0.103. The molecule has 4 heterocycles. The second kappa shape index (κ2) is 10.1. The van der Waals surface area contributed by atoms with Crippen LogP contribution in [0.5, 0.6) is 23.0 Å². The number of nitrogens with zero attached hydrogens (tertiary/aromatic N) is 6. The van der Waals surface area contributed by atoms with E-state index in [1.807, 2.05) is 24.3 Å². The van der Waals surface area contributed by atoms with E-state index in [9.17, 15) is 10.1 Å². The summed E-state index contributed by atoms with van der Waals surface area (Å²) >= 11 is 0. The van der Waals surface area contributed by atoms with E-state index in [4.69, 9.17) is 18.9 Å². The van der Waals surface area contributed by atoms with Gasteiger partial charge in [-0.1, -0.05) is 17.3 Å². The number of fused-ring (bicyclic) bond motifs is 3. The first kappa shape index (κ1) is 24.2. The molecule has 3 aromatic carbocycles. The fourth-order valence-electron chi connectivity index (χ4n) is 5.51. The standard InChI is InChI=1S/C29H26N6O5/c30-18-19-1-4-22-23(15-19)35(32-31-22)29(36)34-9-7-33(8-10-34)28(20-2-5-24-26(16-20)39-13-11-37-24)21-3-6-25-27(17-21)40-14-12-38-25/h1-6,15-17,28H,7-14H2. The van der Waals surface area contributed by atoms with E-state index < -0.39 is 0 Å². The van der Waals surface area contributed by atoms with E-state index in [0.717, 1.165) is 34.1 Å². The van der Waals surface area contributed by atoms with Crippen LogP contribution in [0.4, 0.5) is 4.79 Å². The van der Waals surface area contributed by atoms with Gasteiger partial charge in [-0.25, -0.2) is 4.79 Å². The van der Waals surface area contributed by atoms with Crippen molar-refractivity contribution in [2.45, 2.75) is 6.04 Å². The maximum atomic E-state index is 13.4. The smallest absolute Gasteiger partial charge is 0.346 e. The molecule has 1 aromatic heterocycles. The average molecular weight is 539 g/mol. The van der Waals surface area contributed by atoms with E-state index in [-0.39, 0.29) is 12.1 Å². The molecule has 11 heteroatoms. The number of ether oxygens (including phenoxy) is 4. The van der Waals surface area contributed by atoms with Crippen molar-refractivity contribution in [2.24, 2.45) is 0 Å². The molecular formula is C29H26N6O5. The molecule has 1 saturated heterocycles. The number of hydrogen-bond acceptors (Lipinski definition) is 9. The number of amides is 1. The highest BCUT2D eigenvalue weighted by Crippen LogP contribution is 2.40. The summed E-state index contributed by atoms with van der Waals surface area (Å²) in [7, 11) is 0. The third-order valence-electron chi connectivity index (χ3n) is 7.47. The van der Waals surface area contributed by atoms with Crippen LogP contribution in [-0.4, -0.2) is 83.4 Å². The molecule has 11 nitrogen and oxygen atoms in total. The Morgan fingerprint density at radius 2 is 1.38 bits per heavy atom. The van der Waals surface area contributed by atoms with Crippen molar-refractivity contribution in [3.8, 4) is 29.1 Å². The van der Waals surface area contributed by atoms with E-state index >= 15 is 0 Å². The summed E-state index contributed by atoms with van der Waals surface area (Å²) in [6.45, 7) is 4.37. The lowest BCUT2D eigenvalue weighted by atomic mass is 9.95. The maximum absolute atomic E-state index is 13.4. The highest BCUT2D eigenvalue weighted by molar-refractivity contribution is 5.88. The van der Waals surface area contributed by atoms with Gasteiger partial charge in [0, 0.05) is 26.2 Å². The lowest BCUT2D eigenvalue weighted by molar-refractivity contribution is 0.119. The quantitative estimate of drug-likeness (QED) is 0.388. The fourth-order valence-corrected chi connectivity index (χ4v) is 5.51. The summed E-state index contributed by atoms with van der Waals surface area (Å²) in [5, 5.41) is 17.5. The number of rotatable bonds is 3. The van der Waals surface area contributed by atoms with Gasteiger partial charge < -0.3 is 23.8 Å². The number of nitriles is 1. The Bertz CT molecular complexity index is 1580. The van der Waals surface area contributed by atoms with Gasteiger partial charge in [0.05, 0.1) is 17.7 Å². The van der Waals surface area contributed by atoms with Gasteiger partial charge in [0.15, 0.2) is 23.0 Å². The molecule has 1 amide bonds. The molecule has 0 atom stereocenters. The van der Waals surface area contributed by atoms with Crippen LogP contribution in [0.25, 0.3) is 11.0 Å². The highest BCUT2D eigenvalue weighted by atomic mass is 16.6. The van der Waals surface area contributed by atoms with Crippen LogP contribution < -0.4 is 18.9 Å². The molecule has 0 N–H and O–H groups in total. The summed E-state index contributed by atoms with van der Waals surface area (Å²) in [4.78, 5) is 17.6. The summed E-state index contributed by atoms with van der Waals surface area (Å²) in [5.74, 6) is 2.95. The van der Waals surface area contributed by atoms with Crippen LogP contribution >= 0.6 is 0 Å². The van der Waals surface area contributed by atoms with Gasteiger partial charge in [0.25, 0.3) is 0 Å². The van der Waals surface area contributed by atoms with Crippen LogP contribution in [0, 0.1) is 11.3 Å². The largest absolute Gasteiger partial charge is 0.486 e. The van der Waals surface area contributed by atoms with Gasteiger partial charge in [0.2, 0.25) is 0 Å². The molecular weight excluding hydrogens is 512 g/mol. The third-order valence-corrected chi connectivity index (χ3v) is 7.47. The van der Waals surface area contributed by atoms with Crippen molar-refractivity contribution >= 4 is 17.1 Å². The van der Waals surface area contributed by atoms with Crippen molar-refractivity contribution in [3.05, 3.63) is 71.3 Å². The van der Waals surface area contributed by atoms with Gasteiger partial charge in [-0.15, -0.1) is 5.10 Å². The van der Waals surface area contributed by atoms with Crippen molar-refractivity contribution < 1.29 is 23.7 Å². The molecule has 0 aliphatic carbocycles. The highest BCUT2D eigenvalue weighted by Gasteiger charge is 2.31. The zero-order valence-electron chi connectivity index (χ0n) is 21.7. The monoisotopic (exact) mass is 538 g/mol. The second-order valence-corrected chi connectivity index (χ2v) is 9.83. The molecule has 0 spiro atoms. The Hall–Kier alpha value is -4.82. The average Bonchev–Trinajstić information content (AvgIpc) is 3.44. The molecule has 1 fully saturated rings. The van der Waals surface area contributed by atoms with E-state index in [1.165, 1.54) is 4.68 Å². The van der Waals surface area contributed by atoms with E-state index in [0.29, 0.717) is 69.2 Å². The van der Waals surface area contributed by atoms with Crippen molar-refractivity contribution in [3.63, 3.8) is 0 Å². The maximum Gasteiger partial charge on any atom is 0.346 e. The van der Waals surface area contributed by atoms with Crippen LogP contribution in [0.3, 0.4) is 0 Å². The van der Waals surface area contributed by atoms with Crippen molar-refractivity contribution in [2.75, 3.05) is 52.6 Å². The first-order valence-corrected chi connectivity index (χ1v) is 13.3. The Morgan fingerprint density at radius 3 is 1.98 bits per heavy atom. The molecule has 0 radical (unpaired) electrons. The van der Waals surface area contributed by atoms with E-state index in [1.54, 1.807) is 23.1 Å². The number of carbonyl (C=O) groups is 1. The summed E-state index contributed by atoms with van der Waals surface area (Å²) in [6.07, 6.45) is 0. The topological polar surface area (TPSA) is 115 Å². The van der Waals surface area contributed by atoms with Gasteiger partial charge in [-0.3, -0.25) is 4.90 Å². The number of aromatic nitrogens is 3. The SMILES string of the molecule is N#Cc1ccc2nnn(C(=O)N3CCN(C(c4ccc5c(c4)OCCO5)c4ccc5c(c4)OCCO5)CC3)c2c1. The molecule has 3 aliphatic rings. The fraction of sp³-hybridized carbons (Fsp3) is 0.310. The van der Waals surface area contributed by atoms with Crippen LogP contribution in [0.15, 0.2) is 54.6 Å². The molecule has 0 saturated carbocycles. The number of carbonyl (C=O) groups excluding carboxylic acids is 1. The van der Waals surface area contributed by atoms with Crippen LogP contribution in [-0.2, 0) is 0 Å². The lowest BCUT2D eigenvalue weighted by Gasteiger charge is -2.40. The predicted molar refractivity (Wildman–Crippen MR) is 143 cm³/mol. The van der Waals surface area contributed by atoms with E-state index in [2.05, 4.69) is 33.4 Å². The minimum atomic E-state index is -0.257. The molecule has 3 aliphatic heterocycles. The molecule has 0 bridgehead atoms. The Labute approximate surface area is 230 Å². The summed E-state index contributed by atoms with van der Waals surface area (Å²) in [6, 6.07) is 18.9. The Balaban J connectivity index is 1.17. The molecule has 7 rings (SSSR count). The first-order chi connectivity index (χ1) is 19.7. The molecule has 4 aromatic rings. The third kappa shape index (κ3) is 4.32. The minimum Gasteiger partial charge on any atom is -0.486 e. The van der Waals surface area contributed by atoms with Gasteiger partial charge in [0.1, 0.15) is 37.5 Å². The van der Waals surface area contributed by atoms with Gasteiger partial charge >= 0.3 is 6.03 Å². The van der Waals surface area contributed by atoms with Crippen LogP contribution in [0.1, 0.15) is 22.7 Å². The Morgan fingerprint density at radius 1 is 0.775 bits per heavy atom. The molecule has 0 unspecified atom stereocenters. The first-order valence-electron chi connectivity index (χ1n) is 13.3. The summed E-state index contributed by atoms with van der Waals surface area (Å²) < 4.78 is 24.6. The number of benzene rings is 3. The van der Waals surface area contributed by atoms with Crippen LogP contribution in [0.2, 0.25) is 0 Å². The number of piperazine rings is 1. The zero-order valence-corrected chi connectivity index (χ0v) is 21.7. The summed E-state index contributed by atoms with van der Waals surface area (Å²) in [5.41, 5.74) is 3.68. The predicted octanol–water partition coefficient (Wildman–Crippen LogP) is 3.22. The van der Waals surface area contributed by atoms with Crippen molar-refractivity contribution in [1.29, 1.82) is 5.26 Å².